The zero-order valence-corrected chi connectivity index (χ0v) is 15.0. The van der Waals surface area contributed by atoms with E-state index in [1.807, 2.05) is 6.92 Å². The molecule has 0 bridgehead atoms. The molecule has 0 unspecified atom stereocenters. The smallest absolute Gasteiger partial charge is 0.330 e. The summed E-state index contributed by atoms with van der Waals surface area (Å²) in [5.41, 5.74) is 4.91. The minimum absolute atomic E-state index is 0.181. The first-order valence-electron chi connectivity index (χ1n) is 8.85. The average molecular weight is 359 g/mol. The molecule has 1 aliphatic rings. The quantitative estimate of drug-likeness (QED) is 0.552. The van der Waals surface area contributed by atoms with Gasteiger partial charge in [0.2, 0.25) is 0 Å². The zero-order valence-electron chi connectivity index (χ0n) is 15.0. The second-order valence-electron chi connectivity index (χ2n) is 6.02. The van der Waals surface area contributed by atoms with Gasteiger partial charge in [0.1, 0.15) is 11.8 Å². The van der Waals surface area contributed by atoms with Gasteiger partial charge in [0, 0.05) is 38.6 Å². The van der Waals surface area contributed by atoms with E-state index in [1.54, 1.807) is 0 Å². The van der Waals surface area contributed by atoms with Gasteiger partial charge in [-0.2, -0.15) is 0 Å². The molecule has 0 amide bonds. The van der Waals surface area contributed by atoms with E-state index in [0.29, 0.717) is 26.0 Å². The molecule has 1 fully saturated rings. The van der Waals surface area contributed by atoms with Crippen LogP contribution in [0.4, 0.5) is 0 Å². The zero-order chi connectivity index (χ0) is 18.9. The molecule has 7 nitrogen and oxygen atoms in total. The maximum Gasteiger partial charge on any atom is 0.330 e. The van der Waals surface area contributed by atoms with Gasteiger partial charge in [0.25, 0.3) is 5.56 Å². The lowest BCUT2D eigenvalue weighted by Gasteiger charge is -2.16. The number of terminal acetylenes is 1. The molecule has 3 atom stereocenters. The molecule has 2 heterocycles. The number of hydrogen-bond donors (Lipinski definition) is 2. The minimum atomic E-state index is -0.541. The maximum absolute atomic E-state index is 12.2. The van der Waals surface area contributed by atoms with Gasteiger partial charge < -0.3 is 15.2 Å². The number of nitrogens with zero attached hydrogens (tertiary/aromatic N) is 1. The summed E-state index contributed by atoms with van der Waals surface area (Å²) in [6.45, 7) is 2.72. The SMILES string of the molecule is C#CCCCCC#Cc1cn([C@H]2C[C@@H](OCC)[C@@H](CN)O2)c(=O)[nH]c1=O. The standard InChI is InChI=1S/C19H25N3O4/c1-3-5-6-7-8-9-10-14-13-22(19(24)21-18(14)23)17-11-15(25-4-2)16(12-20)26-17/h1,13,15-17H,4-8,11-12,20H2,2H3,(H,21,23,24)/t15-,16-,17-/m1/s1. The fourth-order valence-corrected chi connectivity index (χ4v) is 2.86. The number of nitrogens with two attached hydrogens (primary N) is 1. The van der Waals surface area contributed by atoms with Crippen LogP contribution < -0.4 is 17.0 Å². The molecule has 2 rings (SSSR count). The summed E-state index contributed by atoms with van der Waals surface area (Å²) in [4.78, 5) is 26.4. The topological polar surface area (TPSA) is 99.3 Å². The number of unbranched alkanes of at least 4 members (excludes halogenated alkanes) is 3. The van der Waals surface area contributed by atoms with Crippen molar-refractivity contribution in [1.29, 1.82) is 0 Å². The Morgan fingerprint density at radius 2 is 2.19 bits per heavy atom. The number of nitrogens with one attached hydrogen (secondary N) is 1. The van der Waals surface area contributed by atoms with E-state index in [9.17, 15) is 9.59 Å². The normalized spacial score (nSPS) is 21.8. The molecule has 140 valence electrons. The van der Waals surface area contributed by atoms with E-state index in [4.69, 9.17) is 21.6 Å². The van der Waals surface area contributed by atoms with Crippen LogP contribution in [0.5, 0.6) is 0 Å². The number of ether oxygens (including phenoxy) is 2. The lowest BCUT2D eigenvalue weighted by atomic mass is 10.1. The predicted octanol–water partition coefficient (Wildman–Crippen LogP) is 0.733. The van der Waals surface area contributed by atoms with Gasteiger partial charge in [-0.15, -0.1) is 12.3 Å². The molecule has 7 heteroatoms. The lowest BCUT2D eigenvalue weighted by Crippen LogP contribution is -2.34. The van der Waals surface area contributed by atoms with E-state index < -0.39 is 17.5 Å². The van der Waals surface area contributed by atoms with Crippen LogP contribution >= 0.6 is 0 Å². The van der Waals surface area contributed by atoms with E-state index in [1.165, 1.54) is 10.8 Å². The van der Waals surface area contributed by atoms with Crippen LogP contribution in [0.2, 0.25) is 0 Å². The lowest BCUT2D eigenvalue weighted by molar-refractivity contribution is -0.0318. The Hall–Kier alpha value is -2.32. The highest BCUT2D eigenvalue weighted by Gasteiger charge is 2.36. The third kappa shape index (κ3) is 5.09. The minimum Gasteiger partial charge on any atom is -0.376 e. The number of rotatable bonds is 7. The Morgan fingerprint density at radius 1 is 1.42 bits per heavy atom. The van der Waals surface area contributed by atoms with Crippen molar-refractivity contribution < 1.29 is 9.47 Å². The molecular weight excluding hydrogens is 334 g/mol. The molecule has 26 heavy (non-hydrogen) atoms. The van der Waals surface area contributed by atoms with Crippen molar-refractivity contribution in [2.24, 2.45) is 5.73 Å². The largest absolute Gasteiger partial charge is 0.376 e. The second-order valence-corrected chi connectivity index (χ2v) is 6.02. The monoisotopic (exact) mass is 359 g/mol. The summed E-state index contributed by atoms with van der Waals surface area (Å²) in [7, 11) is 0. The van der Waals surface area contributed by atoms with Crippen molar-refractivity contribution in [2.45, 2.75) is 57.5 Å². The van der Waals surface area contributed by atoms with Crippen LogP contribution in [0.3, 0.4) is 0 Å². The van der Waals surface area contributed by atoms with Crippen molar-refractivity contribution >= 4 is 0 Å². The molecule has 0 aliphatic carbocycles. The van der Waals surface area contributed by atoms with E-state index in [0.717, 1.165) is 19.3 Å². The second kappa shape index (κ2) is 9.98. The highest BCUT2D eigenvalue weighted by molar-refractivity contribution is 5.29. The third-order valence-corrected chi connectivity index (χ3v) is 4.17. The molecule has 0 radical (unpaired) electrons. The highest BCUT2D eigenvalue weighted by Crippen LogP contribution is 2.29. The fraction of sp³-hybridized carbons (Fsp3) is 0.579. The number of aromatic amines is 1. The Bertz CT molecular complexity index is 809. The molecular formula is C19H25N3O4. The van der Waals surface area contributed by atoms with Crippen LogP contribution in [0.15, 0.2) is 15.8 Å². The molecule has 0 saturated carbocycles. The van der Waals surface area contributed by atoms with Crippen LogP contribution in [-0.2, 0) is 9.47 Å². The number of H-pyrrole nitrogens is 1. The summed E-state index contributed by atoms with van der Waals surface area (Å²) >= 11 is 0. The van der Waals surface area contributed by atoms with Gasteiger partial charge in [-0.25, -0.2) is 4.79 Å². The summed E-state index contributed by atoms with van der Waals surface area (Å²) < 4.78 is 12.8. The molecule has 0 aromatic carbocycles. The average Bonchev–Trinajstić information content (AvgIpc) is 3.02. The van der Waals surface area contributed by atoms with Crippen molar-refractivity contribution in [1.82, 2.24) is 9.55 Å². The van der Waals surface area contributed by atoms with E-state index in [2.05, 4.69) is 22.7 Å². The Morgan fingerprint density at radius 3 is 2.88 bits per heavy atom. The van der Waals surface area contributed by atoms with Crippen LogP contribution in [0.1, 0.15) is 50.8 Å². The Labute approximate surface area is 152 Å². The number of hydrogen-bond acceptors (Lipinski definition) is 5. The molecule has 1 aromatic rings. The number of aromatic nitrogens is 2. The van der Waals surface area contributed by atoms with Gasteiger partial charge in [-0.1, -0.05) is 11.8 Å². The first-order chi connectivity index (χ1) is 12.6. The molecule has 0 spiro atoms. The van der Waals surface area contributed by atoms with Gasteiger partial charge in [0.05, 0.1) is 12.2 Å². The highest BCUT2D eigenvalue weighted by atomic mass is 16.6. The van der Waals surface area contributed by atoms with Crippen molar-refractivity contribution in [3.05, 3.63) is 32.6 Å². The molecule has 1 aliphatic heterocycles. The summed E-state index contributed by atoms with van der Waals surface area (Å²) in [5, 5.41) is 0. The van der Waals surface area contributed by atoms with E-state index >= 15 is 0 Å². The first-order valence-corrected chi connectivity index (χ1v) is 8.85. The fourth-order valence-electron chi connectivity index (χ4n) is 2.86. The Balaban J connectivity index is 2.15. The van der Waals surface area contributed by atoms with E-state index in [-0.39, 0.29) is 17.8 Å². The summed E-state index contributed by atoms with van der Waals surface area (Å²) in [5.74, 6) is 8.35. The maximum atomic E-state index is 12.2. The van der Waals surface area contributed by atoms with Gasteiger partial charge in [0.15, 0.2) is 0 Å². The van der Waals surface area contributed by atoms with Crippen molar-refractivity contribution in [3.8, 4) is 24.2 Å². The molecule has 3 N–H and O–H groups in total. The van der Waals surface area contributed by atoms with Crippen LogP contribution in [0, 0.1) is 24.2 Å². The van der Waals surface area contributed by atoms with Crippen molar-refractivity contribution in [3.63, 3.8) is 0 Å². The van der Waals surface area contributed by atoms with Crippen LogP contribution in [-0.4, -0.2) is 34.9 Å². The third-order valence-electron chi connectivity index (χ3n) is 4.17. The predicted molar refractivity (Wildman–Crippen MR) is 98.5 cm³/mol. The summed E-state index contributed by atoms with van der Waals surface area (Å²) in [6.07, 6.45) is 9.25. The van der Waals surface area contributed by atoms with Gasteiger partial charge in [-0.3, -0.25) is 14.3 Å². The summed E-state index contributed by atoms with van der Waals surface area (Å²) in [6, 6.07) is 0. The molecule has 1 saturated heterocycles. The molecule has 1 aromatic heterocycles. The Kier molecular flexibility index (Phi) is 7.68. The first kappa shape index (κ1) is 20.0. The van der Waals surface area contributed by atoms with Gasteiger partial charge >= 0.3 is 5.69 Å². The van der Waals surface area contributed by atoms with Crippen LogP contribution in [0.25, 0.3) is 0 Å². The van der Waals surface area contributed by atoms with Gasteiger partial charge in [-0.05, 0) is 19.8 Å². The van der Waals surface area contributed by atoms with Crippen molar-refractivity contribution in [2.75, 3.05) is 13.2 Å².